The van der Waals surface area contributed by atoms with E-state index in [1.165, 1.54) is 70.6 Å². The summed E-state index contributed by atoms with van der Waals surface area (Å²) in [6, 6.07) is 0. The van der Waals surface area contributed by atoms with Crippen LogP contribution in [0.4, 0.5) is 0 Å². The summed E-state index contributed by atoms with van der Waals surface area (Å²) in [4.78, 5) is 10.8. The molecule has 0 bridgehead atoms. The Labute approximate surface area is 146 Å². The van der Waals surface area contributed by atoms with E-state index in [-0.39, 0.29) is 32.2 Å². The van der Waals surface area contributed by atoms with Gasteiger partial charge in [-0.15, -0.1) is 0 Å². The third-order valence-corrected chi connectivity index (χ3v) is 3.62. The Hall–Kier alpha value is 0.418. The van der Waals surface area contributed by atoms with E-state index in [1.807, 2.05) is 0 Å². The van der Waals surface area contributed by atoms with Gasteiger partial charge in [0.15, 0.2) is 0 Å². The summed E-state index contributed by atoms with van der Waals surface area (Å²) in [6.45, 7) is 2.26. The molecule has 0 amide bonds. The minimum absolute atomic E-state index is 0. The van der Waals surface area contributed by atoms with E-state index in [0.717, 1.165) is 12.8 Å². The van der Waals surface area contributed by atoms with E-state index >= 15 is 0 Å². The molecule has 2 radical (unpaired) electrons. The molecule has 0 unspecified atom stereocenters. The van der Waals surface area contributed by atoms with Gasteiger partial charge in [-0.3, -0.25) is 4.79 Å². The average molecular weight is 478 g/mol. The second-order valence-electron chi connectivity index (χ2n) is 5.48. The molecule has 0 saturated heterocycles. The molecule has 0 aromatic carbocycles. The molecule has 20 heavy (non-hydrogen) atoms. The Kier molecular flexibility index (Phi) is 22.0. The summed E-state index contributed by atoms with van der Waals surface area (Å²) in [7, 11) is 4.77. The summed E-state index contributed by atoms with van der Waals surface area (Å²) < 4.78 is 4.12. The molecule has 0 aliphatic carbocycles. The van der Waals surface area contributed by atoms with Crippen LogP contribution in [0.5, 0.6) is 0 Å². The first kappa shape index (κ1) is 22.7. The molecule has 0 aliphatic rings. The second-order valence-corrected chi connectivity index (χ2v) is 5.48. The van der Waals surface area contributed by atoms with Crippen molar-refractivity contribution in [1.29, 1.82) is 0 Å². The van der Waals surface area contributed by atoms with Gasteiger partial charge in [-0.05, 0) is 6.42 Å². The number of rotatable bonds is 14. The van der Waals surface area contributed by atoms with Crippen molar-refractivity contribution in [2.75, 3.05) is 0 Å². The van der Waals surface area contributed by atoms with Gasteiger partial charge in [0.05, 0.1) is 0 Å². The molecule has 0 rings (SSSR count). The van der Waals surface area contributed by atoms with Crippen molar-refractivity contribution in [3.05, 3.63) is 0 Å². The van der Waals surface area contributed by atoms with Crippen LogP contribution < -0.4 is 0 Å². The monoisotopic (exact) mass is 478 g/mol. The second kappa shape index (κ2) is 19.4. The molecule has 0 saturated carbocycles. The van der Waals surface area contributed by atoms with E-state index in [4.69, 9.17) is 8.05 Å². The first-order valence-corrected chi connectivity index (χ1v) is 8.20. The zero-order chi connectivity index (χ0) is 14.2. The molecule has 4 heteroatoms. The molecular weight excluding hydrogens is 444 g/mol. The van der Waals surface area contributed by atoms with E-state index < -0.39 is 0 Å². The van der Waals surface area contributed by atoms with Gasteiger partial charge in [0.1, 0.15) is 0 Å². The van der Waals surface area contributed by atoms with Gasteiger partial charge < -0.3 is 4.65 Å². The number of carbonyl (C=O) groups excluding carboxylic acids is 1. The quantitative estimate of drug-likeness (QED) is 0.280. The van der Waals surface area contributed by atoms with Crippen LogP contribution in [0.25, 0.3) is 0 Å². The maximum atomic E-state index is 10.8. The Morgan fingerprint density at radius 3 is 1.45 bits per heavy atom. The van der Waals surface area contributed by atoms with Crippen LogP contribution in [0.2, 0.25) is 0 Å². The summed E-state index contributed by atoms with van der Waals surface area (Å²) in [5.41, 5.74) is 0. The van der Waals surface area contributed by atoms with E-state index in [1.54, 1.807) is 0 Å². The van der Waals surface area contributed by atoms with Crippen molar-refractivity contribution in [1.82, 2.24) is 0 Å². The van der Waals surface area contributed by atoms with Gasteiger partial charge in [-0.2, -0.15) is 0 Å². The van der Waals surface area contributed by atoms with Gasteiger partial charge in [-0.1, -0.05) is 84.0 Å². The molecular formula is C16H34BBiO2. The minimum atomic E-state index is -0.289. The fourth-order valence-corrected chi connectivity index (χ4v) is 2.35. The van der Waals surface area contributed by atoms with Crippen molar-refractivity contribution in [3.8, 4) is 0 Å². The third-order valence-electron chi connectivity index (χ3n) is 3.62. The van der Waals surface area contributed by atoms with Crippen LogP contribution >= 0.6 is 0 Å². The fraction of sp³-hybridized carbons (Fsp3) is 0.938. The molecule has 0 aromatic heterocycles. The molecule has 0 heterocycles. The van der Waals surface area contributed by atoms with E-state index in [2.05, 4.69) is 11.6 Å². The average Bonchev–Trinajstić information content (AvgIpc) is 2.43. The number of carbonyl (C=O) groups is 1. The van der Waals surface area contributed by atoms with Gasteiger partial charge >= 0.3 is 34.3 Å². The normalized spacial score (nSPS) is 10.1. The molecule has 0 N–H and O–H groups in total. The zero-order valence-corrected chi connectivity index (χ0v) is 19.0. The van der Waals surface area contributed by atoms with Crippen LogP contribution in [0.3, 0.4) is 0 Å². The van der Waals surface area contributed by atoms with Gasteiger partial charge in [0.2, 0.25) is 0 Å². The van der Waals surface area contributed by atoms with Crippen molar-refractivity contribution < 1.29 is 9.45 Å². The number of hydrogen-bond acceptors (Lipinski definition) is 2. The third kappa shape index (κ3) is 18.4. The van der Waals surface area contributed by atoms with Crippen LogP contribution in [-0.4, -0.2) is 40.2 Å². The molecule has 2 nitrogen and oxygen atoms in total. The Morgan fingerprint density at radius 1 is 0.750 bits per heavy atom. The van der Waals surface area contributed by atoms with Gasteiger partial charge in [0, 0.05) is 6.42 Å². The fourth-order valence-electron chi connectivity index (χ4n) is 2.35. The summed E-state index contributed by atoms with van der Waals surface area (Å²) in [5, 5.41) is 0. The topological polar surface area (TPSA) is 26.3 Å². The predicted octanol–water partition coefficient (Wildman–Crippen LogP) is 3.91. The number of hydrogen-bond donors (Lipinski definition) is 0. The standard InChI is InChI=1S/C16H31BO2.Bi.3H/c1-2-3-4-5-6-7-8-9-10-11-12-13-14-15-16(18)19-17;;;;/h2-15H2,1H3;;;;. The Balaban J connectivity index is 0. The van der Waals surface area contributed by atoms with Crippen LogP contribution in [0.1, 0.15) is 96.8 Å². The van der Waals surface area contributed by atoms with Crippen molar-refractivity contribution in [3.63, 3.8) is 0 Å². The zero-order valence-electron chi connectivity index (χ0n) is 13.5. The van der Waals surface area contributed by atoms with Crippen molar-refractivity contribution >= 4 is 40.2 Å². The Morgan fingerprint density at radius 2 is 1.10 bits per heavy atom. The Bertz CT molecular complexity index is 201. The number of unbranched alkanes of at least 4 members (excludes halogenated alkanes) is 12. The summed E-state index contributed by atoms with van der Waals surface area (Å²) in [5.74, 6) is -0.289. The first-order valence-electron chi connectivity index (χ1n) is 8.20. The van der Waals surface area contributed by atoms with E-state index in [0.29, 0.717) is 6.42 Å². The molecule has 0 spiro atoms. The van der Waals surface area contributed by atoms with E-state index in [9.17, 15) is 4.79 Å². The summed E-state index contributed by atoms with van der Waals surface area (Å²) >= 11 is 0. The van der Waals surface area contributed by atoms with Crippen LogP contribution in [0.15, 0.2) is 0 Å². The van der Waals surface area contributed by atoms with Crippen LogP contribution in [-0.2, 0) is 9.45 Å². The van der Waals surface area contributed by atoms with Crippen molar-refractivity contribution in [2.45, 2.75) is 96.8 Å². The molecule has 0 fully saturated rings. The molecule has 118 valence electrons. The van der Waals surface area contributed by atoms with Crippen molar-refractivity contribution in [2.24, 2.45) is 0 Å². The van der Waals surface area contributed by atoms with Gasteiger partial charge in [0.25, 0.3) is 5.97 Å². The maximum absolute atomic E-state index is 10.8. The molecule has 0 atom stereocenters. The first-order chi connectivity index (χ1) is 9.31. The van der Waals surface area contributed by atoms with Gasteiger partial charge in [-0.25, -0.2) is 0 Å². The molecule has 0 aromatic rings. The predicted molar refractivity (Wildman–Crippen MR) is 92.1 cm³/mol. The van der Waals surface area contributed by atoms with Crippen LogP contribution in [0, 0.1) is 0 Å². The molecule has 0 aliphatic heterocycles. The SMILES string of the molecule is [B]OC(=O)CCCCCCCCCCCCCCC.[BiH3]. The summed E-state index contributed by atoms with van der Waals surface area (Å²) in [6.07, 6.45) is 17.5.